The Bertz CT molecular complexity index is 926. The Morgan fingerprint density at radius 3 is 2.43 bits per heavy atom. The molecule has 0 aromatic heterocycles. The number of amides is 1. The Labute approximate surface area is 185 Å². The van der Waals surface area contributed by atoms with E-state index in [4.69, 9.17) is 23.2 Å². The molecule has 30 heavy (non-hydrogen) atoms. The fourth-order valence-electron chi connectivity index (χ4n) is 3.20. The summed E-state index contributed by atoms with van der Waals surface area (Å²) in [6, 6.07) is 11.2. The number of nitro benzene ring substituents is 1. The molecule has 0 aliphatic carbocycles. The highest BCUT2D eigenvalue weighted by Crippen LogP contribution is 2.32. The summed E-state index contributed by atoms with van der Waals surface area (Å²) in [4.78, 5) is 26.8. The number of piperazine rings is 1. The molecule has 0 atom stereocenters. The zero-order chi connectivity index (χ0) is 21.5. The number of benzene rings is 2. The summed E-state index contributed by atoms with van der Waals surface area (Å²) < 4.78 is 0. The molecular formula is C21H22Cl2N4O3. The molecule has 0 bridgehead atoms. The maximum Gasteiger partial charge on any atom is 0.269 e. The van der Waals surface area contributed by atoms with Crippen molar-refractivity contribution in [3.05, 3.63) is 80.3 Å². The van der Waals surface area contributed by atoms with E-state index >= 15 is 0 Å². The fourth-order valence-corrected chi connectivity index (χ4v) is 3.62. The van der Waals surface area contributed by atoms with Crippen molar-refractivity contribution in [3.63, 3.8) is 0 Å². The lowest BCUT2D eigenvalue weighted by Crippen LogP contribution is -2.46. The first kappa shape index (κ1) is 22.1. The van der Waals surface area contributed by atoms with Crippen LogP contribution in [0, 0.1) is 10.1 Å². The Morgan fingerprint density at radius 1 is 1.07 bits per heavy atom. The zero-order valence-corrected chi connectivity index (χ0v) is 17.8. The minimum Gasteiger partial charge on any atom is -0.368 e. The number of non-ortho nitro benzene ring substituents is 1. The minimum atomic E-state index is -0.492. The van der Waals surface area contributed by atoms with Crippen LogP contribution in [0.25, 0.3) is 0 Å². The molecule has 1 fully saturated rings. The summed E-state index contributed by atoms with van der Waals surface area (Å²) in [5.41, 5.74) is 1.32. The van der Waals surface area contributed by atoms with Crippen LogP contribution in [0.4, 0.5) is 11.4 Å². The molecule has 1 aliphatic rings. The van der Waals surface area contributed by atoms with E-state index in [2.05, 4.69) is 15.1 Å². The van der Waals surface area contributed by atoms with Gasteiger partial charge >= 0.3 is 0 Å². The van der Waals surface area contributed by atoms with E-state index in [1.54, 1.807) is 6.07 Å². The van der Waals surface area contributed by atoms with Crippen LogP contribution in [0.1, 0.15) is 10.4 Å². The van der Waals surface area contributed by atoms with Crippen molar-refractivity contribution >= 4 is 40.5 Å². The number of halogens is 2. The van der Waals surface area contributed by atoms with Crippen molar-refractivity contribution in [1.82, 2.24) is 10.2 Å². The van der Waals surface area contributed by atoms with Crippen molar-refractivity contribution in [2.24, 2.45) is 0 Å². The summed E-state index contributed by atoms with van der Waals surface area (Å²) in [5, 5.41) is 14.6. The number of nitrogens with zero attached hydrogens (tertiary/aromatic N) is 3. The highest BCUT2D eigenvalue weighted by molar-refractivity contribution is 6.43. The van der Waals surface area contributed by atoms with Crippen molar-refractivity contribution in [1.29, 1.82) is 0 Å². The first-order chi connectivity index (χ1) is 14.5. The smallest absolute Gasteiger partial charge is 0.269 e. The van der Waals surface area contributed by atoms with Gasteiger partial charge in [0.1, 0.15) is 0 Å². The maximum atomic E-state index is 12.1. The summed E-state index contributed by atoms with van der Waals surface area (Å²) in [6.07, 6.45) is 3.93. The lowest BCUT2D eigenvalue weighted by molar-refractivity contribution is -0.384. The van der Waals surface area contributed by atoms with Gasteiger partial charge in [0.05, 0.1) is 20.7 Å². The summed E-state index contributed by atoms with van der Waals surface area (Å²) in [7, 11) is 0. The molecule has 0 saturated carbocycles. The molecule has 158 valence electrons. The van der Waals surface area contributed by atoms with E-state index < -0.39 is 4.92 Å². The number of nitro groups is 1. The van der Waals surface area contributed by atoms with Gasteiger partial charge in [-0.15, -0.1) is 0 Å². The second-order valence-corrected chi connectivity index (χ2v) is 7.63. The molecule has 7 nitrogen and oxygen atoms in total. The standard InChI is InChI=1S/C21H22Cl2N4O3/c22-18-4-3-5-19(20(18)23)26-14-12-25(13-15-26)11-2-1-10-24-21(28)16-6-8-17(9-7-16)27(29)30/h1-9H,10-15H2,(H,24,28)/b2-1+. The van der Waals surface area contributed by atoms with Crippen molar-refractivity contribution in [2.75, 3.05) is 44.2 Å². The number of anilines is 1. The van der Waals surface area contributed by atoms with E-state index in [9.17, 15) is 14.9 Å². The van der Waals surface area contributed by atoms with Gasteiger partial charge in [-0.1, -0.05) is 41.4 Å². The van der Waals surface area contributed by atoms with Gasteiger partial charge in [-0.3, -0.25) is 19.8 Å². The van der Waals surface area contributed by atoms with E-state index in [1.165, 1.54) is 24.3 Å². The first-order valence-electron chi connectivity index (χ1n) is 9.54. The average Bonchev–Trinajstić information content (AvgIpc) is 2.76. The Morgan fingerprint density at radius 2 is 1.77 bits per heavy atom. The second kappa shape index (κ2) is 10.4. The molecule has 0 unspecified atom stereocenters. The second-order valence-electron chi connectivity index (χ2n) is 6.85. The quantitative estimate of drug-likeness (QED) is 0.393. The Hall–Kier alpha value is -2.61. The van der Waals surface area contributed by atoms with Gasteiger partial charge in [0.15, 0.2) is 0 Å². The van der Waals surface area contributed by atoms with Crippen LogP contribution in [0.5, 0.6) is 0 Å². The lowest BCUT2D eigenvalue weighted by Gasteiger charge is -2.36. The monoisotopic (exact) mass is 448 g/mol. The predicted octanol–water partition coefficient (Wildman–Crippen LogP) is 4.01. The van der Waals surface area contributed by atoms with E-state index in [0.29, 0.717) is 22.2 Å². The highest BCUT2D eigenvalue weighted by Gasteiger charge is 2.19. The van der Waals surface area contributed by atoms with E-state index in [-0.39, 0.29) is 11.6 Å². The van der Waals surface area contributed by atoms with Gasteiger partial charge < -0.3 is 10.2 Å². The van der Waals surface area contributed by atoms with Crippen molar-refractivity contribution < 1.29 is 9.72 Å². The molecule has 0 spiro atoms. The normalized spacial score (nSPS) is 14.8. The highest BCUT2D eigenvalue weighted by atomic mass is 35.5. The van der Waals surface area contributed by atoms with Crippen LogP contribution < -0.4 is 10.2 Å². The maximum absolute atomic E-state index is 12.1. The zero-order valence-electron chi connectivity index (χ0n) is 16.3. The Kier molecular flexibility index (Phi) is 7.68. The minimum absolute atomic E-state index is 0.0378. The summed E-state index contributed by atoms with van der Waals surface area (Å²) >= 11 is 12.4. The molecule has 2 aromatic rings. The number of nitrogens with one attached hydrogen (secondary N) is 1. The van der Waals surface area contributed by atoms with Gasteiger partial charge in [0.2, 0.25) is 0 Å². The van der Waals surface area contributed by atoms with Crippen LogP contribution in [0.15, 0.2) is 54.6 Å². The van der Waals surface area contributed by atoms with E-state index in [0.717, 1.165) is 38.4 Å². The van der Waals surface area contributed by atoms with Crippen molar-refractivity contribution in [2.45, 2.75) is 0 Å². The van der Waals surface area contributed by atoms with Crippen LogP contribution >= 0.6 is 23.2 Å². The van der Waals surface area contributed by atoms with Gasteiger partial charge in [-0.05, 0) is 24.3 Å². The average molecular weight is 449 g/mol. The van der Waals surface area contributed by atoms with Gasteiger partial charge in [0, 0.05) is 57.0 Å². The largest absolute Gasteiger partial charge is 0.368 e. The van der Waals surface area contributed by atoms with Crippen molar-refractivity contribution in [3.8, 4) is 0 Å². The van der Waals surface area contributed by atoms with Crippen LogP contribution in [-0.2, 0) is 0 Å². The molecule has 9 heteroatoms. The molecule has 2 aromatic carbocycles. The Balaban J connectivity index is 1.39. The number of rotatable bonds is 7. The number of hydrogen-bond acceptors (Lipinski definition) is 5. The summed E-state index contributed by atoms with van der Waals surface area (Å²) in [5.74, 6) is -0.262. The molecule has 1 heterocycles. The molecule has 1 aliphatic heterocycles. The summed E-state index contributed by atoms with van der Waals surface area (Å²) in [6.45, 7) is 4.73. The van der Waals surface area contributed by atoms with Gasteiger partial charge in [-0.25, -0.2) is 0 Å². The third-order valence-electron chi connectivity index (χ3n) is 4.90. The van der Waals surface area contributed by atoms with Gasteiger partial charge in [0.25, 0.3) is 11.6 Å². The molecule has 1 N–H and O–H groups in total. The molecule has 1 saturated heterocycles. The SMILES string of the molecule is O=C(NC/C=C/CN1CCN(c2cccc(Cl)c2Cl)CC1)c1ccc([N+](=O)[O-])cc1. The molecule has 1 amide bonds. The van der Waals surface area contributed by atoms with Gasteiger partial charge in [-0.2, -0.15) is 0 Å². The predicted molar refractivity (Wildman–Crippen MR) is 120 cm³/mol. The van der Waals surface area contributed by atoms with Crippen LogP contribution in [0.2, 0.25) is 10.0 Å². The van der Waals surface area contributed by atoms with Crippen LogP contribution in [0.3, 0.4) is 0 Å². The van der Waals surface area contributed by atoms with Crippen LogP contribution in [-0.4, -0.2) is 55.0 Å². The third kappa shape index (κ3) is 5.72. The number of carbonyl (C=O) groups is 1. The van der Waals surface area contributed by atoms with E-state index in [1.807, 2.05) is 24.3 Å². The number of hydrogen-bond donors (Lipinski definition) is 1. The topological polar surface area (TPSA) is 78.7 Å². The number of carbonyl (C=O) groups excluding carboxylic acids is 1. The molecular weight excluding hydrogens is 427 g/mol. The molecule has 3 rings (SSSR count). The first-order valence-corrected chi connectivity index (χ1v) is 10.3. The fraction of sp³-hybridized carbons (Fsp3) is 0.286. The molecule has 0 radical (unpaired) electrons. The third-order valence-corrected chi connectivity index (χ3v) is 5.70. The lowest BCUT2D eigenvalue weighted by atomic mass is 10.2.